The first-order chi connectivity index (χ1) is 8.33. The lowest BCUT2D eigenvalue weighted by Crippen LogP contribution is -2.19. The molecular formula is C13H17N3O. The molecule has 1 fully saturated rings. The molecule has 17 heavy (non-hydrogen) atoms. The lowest BCUT2D eigenvalue weighted by Gasteiger charge is -2.15. The Bertz CT molecular complexity index is 516. The van der Waals surface area contributed by atoms with E-state index in [0.717, 1.165) is 36.3 Å². The molecule has 0 bridgehead atoms. The SMILES string of the molecule is NCCC1(CNc2nccc3occc23)CC1. The summed E-state index contributed by atoms with van der Waals surface area (Å²) in [6.45, 7) is 1.73. The Morgan fingerprint density at radius 2 is 2.29 bits per heavy atom. The van der Waals surface area contributed by atoms with Crippen molar-refractivity contribution >= 4 is 16.8 Å². The second-order valence-corrected chi connectivity index (χ2v) is 4.88. The monoisotopic (exact) mass is 231 g/mol. The molecule has 3 N–H and O–H groups in total. The summed E-state index contributed by atoms with van der Waals surface area (Å²) in [6, 6.07) is 3.83. The minimum absolute atomic E-state index is 0.419. The normalized spacial score (nSPS) is 17.2. The molecule has 0 spiro atoms. The van der Waals surface area contributed by atoms with Gasteiger partial charge in [0.2, 0.25) is 0 Å². The van der Waals surface area contributed by atoms with Crippen LogP contribution < -0.4 is 11.1 Å². The van der Waals surface area contributed by atoms with Crippen LogP contribution in [0.4, 0.5) is 5.82 Å². The number of nitrogens with one attached hydrogen (secondary N) is 1. The number of furan rings is 1. The van der Waals surface area contributed by atoms with Crippen molar-refractivity contribution in [1.29, 1.82) is 0 Å². The van der Waals surface area contributed by atoms with Crippen LogP contribution in [0.15, 0.2) is 29.0 Å². The maximum absolute atomic E-state index is 5.64. The van der Waals surface area contributed by atoms with Gasteiger partial charge in [-0.25, -0.2) is 4.98 Å². The van der Waals surface area contributed by atoms with Gasteiger partial charge in [0.15, 0.2) is 0 Å². The van der Waals surface area contributed by atoms with Gasteiger partial charge in [-0.1, -0.05) is 0 Å². The molecule has 3 rings (SSSR count). The van der Waals surface area contributed by atoms with Gasteiger partial charge in [0.1, 0.15) is 11.4 Å². The van der Waals surface area contributed by atoms with Crippen molar-refractivity contribution in [3.63, 3.8) is 0 Å². The van der Waals surface area contributed by atoms with E-state index in [1.165, 1.54) is 12.8 Å². The minimum atomic E-state index is 0.419. The van der Waals surface area contributed by atoms with Crippen LogP contribution in [-0.2, 0) is 0 Å². The van der Waals surface area contributed by atoms with Crippen molar-refractivity contribution in [2.45, 2.75) is 19.3 Å². The van der Waals surface area contributed by atoms with Crippen LogP contribution in [0, 0.1) is 5.41 Å². The van der Waals surface area contributed by atoms with Gasteiger partial charge in [-0.3, -0.25) is 0 Å². The number of hydrogen-bond donors (Lipinski definition) is 2. The molecule has 2 heterocycles. The number of fused-ring (bicyclic) bond motifs is 1. The van der Waals surface area contributed by atoms with Crippen LogP contribution in [0.2, 0.25) is 0 Å². The molecule has 1 aliphatic carbocycles. The highest BCUT2D eigenvalue weighted by Gasteiger charge is 2.41. The predicted molar refractivity (Wildman–Crippen MR) is 67.8 cm³/mol. The van der Waals surface area contributed by atoms with Gasteiger partial charge in [-0.05, 0) is 43.4 Å². The summed E-state index contributed by atoms with van der Waals surface area (Å²) in [5.74, 6) is 0.916. The number of anilines is 1. The number of nitrogens with two attached hydrogens (primary N) is 1. The Hall–Kier alpha value is -1.55. The van der Waals surface area contributed by atoms with Crippen LogP contribution in [0.3, 0.4) is 0 Å². The average molecular weight is 231 g/mol. The maximum atomic E-state index is 5.64. The van der Waals surface area contributed by atoms with E-state index in [-0.39, 0.29) is 0 Å². The van der Waals surface area contributed by atoms with E-state index in [4.69, 9.17) is 10.2 Å². The molecule has 1 saturated carbocycles. The Kier molecular flexibility index (Phi) is 2.52. The minimum Gasteiger partial charge on any atom is -0.464 e. The zero-order chi connectivity index (χ0) is 11.7. The van der Waals surface area contributed by atoms with E-state index >= 15 is 0 Å². The van der Waals surface area contributed by atoms with E-state index in [1.807, 2.05) is 12.1 Å². The fourth-order valence-corrected chi connectivity index (χ4v) is 2.30. The van der Waals surface area contributed by atoms with Gasteiger partial charge in [0.05, 0.1) is 11.6 Å². The Balaban J connectivity index is 1.75. The molecule has 4 heteroatoms. The molecule has 1 aliphatic rings. The smallest absolute Gasteiger partial charge is 0.139 e. The first-order valence-corrected chi connectivity index (χ1v) is 6.09. The molecule has 0 unspecified atom stereocenters. The molecule has 0 saturated heterocycles. The zero-order valence-corrected chi connectivity index (χ0v) is 9.78. The summed E-state index contributed by atoms with van der Waals surface area (Å²) < 4.78 is 5.35. The number of pyridine rings is 1. The third-order valence-corrected chi connectivity index (χ3v) is 3.64. The molecule has 0 amide bonds. The first kappa shape index (κ1) is 10.6. The van der Waals surface area contributed by atoms with Gasteiger partial charge in [0.25, 0.3) is 0 Å². The van der Waals surface area contributed by atoms with Crippen molar-refractivity contribution in [2.24, 2.45) is 11.1 Å². The summed E-state index contributed by atoms with van der Waals surface area (Å²) in [4.78, 5) is 4.37. The van der Waals surface area contributed by atoms with Crippen molar-refractivity contribution in [2.75, 3.05) is 18.4 Å². The number of rotatable bonds is 5. The number of hydrogen-bond acceptors (Lipinski definition) is 4. The van der Waals surface area contributed by atoms with E-state index < -0.39 is 0 Å². The summed E-state index contributed by atoms with van der Waals surface area (Å²) >= 11 is 0. The molecule has 0 radical (unpaired) electrons. The highest BCUT2D eigenvalue weighted by Crippen LogP contribution is 2.48. The quantitative estimate of drug-likeness (QED) is 0.829. The number of nitrogens with zero attached hydrogens (tertiary/aromatic N) is 1. The van der Waals surface area contributed by atoms with Gasteiger partial charge in [-0.2, -0.15) is 0 Å². The van der Waals surface area contributed by atoms with Gasteiger partial charge in [-0.15, -0.1) is 0 Å². The predicted octanol–water partition coefficient (Wildman–Crippen LogP) is 2.37. The van der Waals surface area contributed by atoms with E-state index in [1.54, 1.807) is 12.5 Å². The Labute approximate surface area is 100 Å². The molecule has 0 aliphatic heterocycles. The standard InChI is InChI=1S/C13H17N3O/c14-6-5-13(3-4-13)9-16-12-10-2-8-17-11(10)1-7-15-12/h1-2,7-8H,3-6,9,14H2,(H,15,16). The second-order valence-electron chi connectivity index (χ2n) is 4.88. The molecule has 2 aromatic rings. The third-order valence-electron chi connectivity index (χ3n) is 3.64. The van der Waals surface area contributed by atoms with Crippen LogP contribution >= 0.6 is 0 Å². The molecule has 2 aromatic heterocycles. The first-order valence-electron chi connectivity index (χ1n) is 6.09. The second kappa shape index (κ2) is 4.04. The van der Waals surface area contributed by atoms with Crippen LogP contribution in [0.1, 0.15) is 19.3 Å². The highest BCUT2D eigenvalue weighted by molar-refractivity contribution is 5.87. The topological polar surface area (TPSA) is 64.1 Å². The summed E-state index contributed by atoms with van der Waals surface area (Å²) in [7, 11) is 0. The van der Waals surface area contributed by atoms with Crippen LogP contribution in [-0.4, -0.2) is 18.1 Å². The van der Waals surface area contributed by atoms with Gasteiger partial charge in [0, 0.05) is 12.7 Å². The van der Waals surface area contributed by atoms with Gasteiger partial charge < -0.3 is 15.5 Å². The third kappa shape index (κ3) is 2.00. The molecule has 90 valence electrons. The van der Waals surface area contributed by atoms with Crippen LogP contribution in [0.25, 0.3) is 11.0 Å². The lowest BCUT2D eigenvalue weighted by molar-refractivity contribution is 0.501. The molecule has 0 atom stereocenters. The van der Waals surface area contributed by atoms with Crippen molar-refractivity contribution in [1.82, 2.24) is 4.98 Å². The number of aromatic nitrogens is 1. The largest absolute Gasteiger partial charge is 0.464 e. The lowest BCUT2D eigenvalue weighted by atomic mass is 10.0. The maximum Gasteiger partial charge on any atom is 0.139 e. The van der Waals surface area contributed by atoms with Gasteiger partial charge >= 0.3 is 0 Å². The van der Waals surface area contributed by atoms with Crippen LogP contribution in [0.5, 0.6) is 0 Å². The summed E-state index contributed by atoms with van der Waals surface area (Å²) in [5, 5.41) is 4.49. The van der Waals surface area contributed by atoms with Crippen molar-refractivity contribution in [3.8, 4) is 0 Å². The summed E-state index contributed by atoms with van der Waals surface area (Å²) in [5.41, 5.74) is 6.94. The van der Waals surface area contributed by atoms with E-state index in [9.17, 15) is 0 Å². The average Bonchev–Trinajstić information content (AvgIpc) is 2.92. The highest BCUT2D eigenvalue weighted by atomic mass is 16.3. The zero-order valence-electron chi connectivity index (χ0n) is 9.78. The fraction of sp³-hybridized carbons (Fsp3) is 0.462. The van der Waals surface area contributed by atoms with E-state index in [0.29, 0.717) is 5.41 Å². The Morgan fingerprint density at radius 1 is 1.41 bits per heavy atom. The van der Waals surface area contributed by atoms with Crippen molar-refractivity contribution in [3.05, 3.63) is 24.6 Å². The molecular weight excluding hydrogens is 214 g/mol. The Morgan fingerprint density at radius 3 is 3.06 bits per heavy atom. The van der Waals surface area contributed by atoms with E-state index in [2.05, 4.69) is 10.3 Å². The summed E-state index contributed by atoms with van der Waals surface area (Å²) in [6.07, 6.45) is 7.12. The molecule has 0 aromatic carbocycles. The molecule has 4 nitrogen and oxygen atoms in total. The fourth-order valence-electron chi connectivity index (χ4n) is 2.30. The van der Waals surface area contributed by atoms with Crippen molar-refractivity contribution < 1.29 is 4.42 Å².